The first kappa shape index (κ1) is 9.46. The van der Waals surface area contributed by atoms with Crippen LogP contribution in [0.1, 0.15) is 19.3 Å². The van der Waals surface area contributed by atoms with Gasteiger partial charge < -0.3 is 4.57 Å². The van der Waals surface area contributed by atoms with Gasteiger partial charge in [0.1, 0.15) is 0 Å². The van der Waals surface area contributed by atoms with Gasteiger partial charge in [-0.25, -0.2) is 0 Å². The van der Waals surface area contributed by atoms with Crippen molar-refractivity contribution >= 4 is 26.8 Å². The van der Waals surface area contributed by atoms with Crippen molar-refractivity contribution in [2.24, 2.45) is 5.92 Å². The third-order valence-corrected chi connectivity index (χ3v) is 3.91. The predicted molar refractivity (Wildman–Crippen MR) is 67.0 cm³/mol. The second-order valence-electron chi connectivity index (χ2n) is 4.47. The van der Waals surface area contributed by atoms with Gasteiger partial charge in [0, 0.05) is 28.1 Å². The van der Waals surface area contributed by atoms with Crippen LogP contribution in [0, 0.1) is 5.92 Å². The van der Waals surface area contributed by atoms with Crippen molar-refractivity contribution in [1.29, 1.82) is 0 Å². The second kappa shape index (κ2) is 3.67. The zero-order chi connectivity index (χ0) is 10.3. The van der Waals surface area contributed by atoms with Gasteiger partial charge in [0.05, 0.1) is 0 Å². The molecule has 0 bridgehead atoms. The Morgan fingerprint density at radius 2 is 2.13 bits per heavy atom. The number of hydrogen-bond donors (Lipinski definition) is 0. The fourth-order valence-corrected chi connectivity index (χ4v) is 2.66. The van der Waals surface area contributed by atoms with Crippen LogP contribution in [-0.2, 0) is 6.54 Å². The zero-order valence-corrected chi connectivity index (χ0v) is 10.2. The minimum atomic E-state index is 0.921. The van der Waals surface area contributed by atoms with Crippen molar-refractivity contribution in [3.05, 3.63) is 34.9 Å². The van der Waals surface area contributed by atoms with Crippen LogP contribution in [-0.4, -0.2) is 4.57 Å². The highest BCUT2D eigenvalue weighted by Gasteiger charge is 2.18. The third-order valence-electron chi connectivity index (χ3n) is 3.41. The summed E-state index contributed by atoms with van der Waals surface area (Å²) in [5.41, 5.74) is 1.37. The topological polar surface area (TPSA) is 4.93 Å². The van der Waals surface area contributed by atoms with Crippen LogP contribution in [0.4, 0.5) is 0 Å². The fraction of sp³-hybridized carbons (Fsp3) is 0.385. The maximum absolute atomic E-state index is 3.51. The van der Waals surface area contributed by atoms with Crippen molar-refractivity contribution < 1.29 is 0 Å². The van der Waals surface area contributed by atoms with Crippen molar-refractivity contribution in [3.63, 3.8) is 0 Å². The lowest BCUT2D eigenvalue weighted by atomic mass is 9.85. The number of benzene rings is 1. The second-order valence-corrected chi connectivity index (χ2v) is 5.38. The normalized spacial score (nSPS) is 16.9. The molecule has 0 aliphatic heterocycles. The van der Waals surface area contributed by atoms with Crippen molar-refractivity contribution in [1.82, 2.24) is 4.57 Å². The van der Waals surface area contributed by atoms with Crippen molar-refractivity contribution in [2.75, 3.05) is 0 Å². The van der Waals surface area contributed by atoms with Crippen LogP contribution < -0.4 is 0 Å². The minimum absolute atomic E-state index is 0.921. The molecule has 0 saturated heterocycles. The van der Waals surface area contributed by atoms with Crippen molar-refractivity contribution in [3.8, 4) is 0 Å². The maximum Gasteiger partial charge on any atom is 0.0481 e. The average Bonchev–Trinajstić information content (AvgIpc) is 2.54. The Labute approximate surface area is 98.2 Å². The summed E-state index contributed by atoms with van der Waals surface area (Å²) in [7, 11) is 0. The molecule has 1 aliphatic carbocycles. The van der Waals surface area contributed by atoms with E-state index < -0.39 is 0 Å². The van der Waals surface area contributed by atoms with Gasteiger partial charge in [-0.15, -0.1) is 0 Å². The molecule has 78 valence electrons. The molecule has 0 N–H and O–H groups in total. The van der Waals surface area contributed by atoms with Crippen LogP contribution in [0.5, 0.6) is 0 Å². The van der Waals surface area contributed by atoms with Gasteiger partial charge in [-0.1, -0.05) is 22.4 Å². The largest absolute Gasteiger partial charge is 0.347 e. The van der Waals surface area contributed by atoms with E-state index in [0.717, 1.165) is 10.4 Å². The van der Waals surface area contributed by atoms with E-state index in [9.17, 15) is 0 Å². The smallest absolute Gasteiger partial charge is 0.0481 e. The Balaban J connectivity index is 1.96. The molecule has 1 nitrogen and oxygen atoms in total. The molecule has 1 heterocycles. The van der Waals surface area contributed by atoms with Crippen LogP contribution in [0.25, 0.3) is 10.9 Å². The SMILES string of the molecule is Brc1ccc2c(ccn2CC2CCC2)c1. The highest BCUT2D eigenvalue weighted by atomic mass is 79.9. The Morgan fingerprint density at radius 1 is 1.27 bits per heavy atom. The molecule has 0 amide bonds. The summed E-state index contributed by atoms with van der Waals surface area (Å²) in [6, 6.07) is 8.73. The summed E-state index contributed by atoms with van der Waals surface area (Å²) in [6.07, 6.45) is 6.47. The molecule has 3 rings (SSSR count). The van der Waals surface area contributed by atoms with Crippen molar-refractivity contribution in [2.45, 2.75) is 25.8 Å². The molecule has 1 aromatic heterocycles. The first-order chi connectivity index (χ1) is 7.33. The zero-order valence-electron chi connectivity index (χ0n) is 8.62. The van der Waals surface area contributed by atoms with Crippen LogP contribution in [0.2, 0.25) is 0 Å². The van der Waals surface area contributed by atoms with Crippen LogP contribution in [0.15, 0.2) is 34.9 Å². The standard InChI is InChI=1S/C13H14BrN/c14-12-4-5-13-11(8-12)6-7-15(13)9-10-2-1-3-10/h4-8,10H,1-3,9H2. The van der Waals surface area contributed by atoms with E-state index in [1.807, 2.05) is 0 Å². The van der Waals surface area contributed by atoms with E-state index in [2.05, 4.69) is 51.0 Å². The molecule has 15 heavy (non-hydrogen) atoms. The highest BCUT2D eigenvalue weighted by Crippen LogP contribution is 2.30. The maximum atomic E-state index is 3.51. The molecule has 1 saturated carbocycles. The summed E-state index contributed by atoms with van der Waals surface area (Å²) in [5.74, 6) is 0.921. The fourth-order valence-electron chi connectivity index (χ4n) is 2.28. The monoisotopic (exact) mass is 263 g/mol. The molecule has 1 aliphatic rings. The number of hydrogen-bond acceptors (Lipinski definition) is 0. The molecule has 0 unspecified atom stereocenters. The summed E-state index contributed by atoms with van der Waals surface area (Å²) in [5, 5.41) is 1.34. The number of nitrogens with zero attached hydrogens (tertiary/aromatic N) is 1. The van der Waals surface area contributed by atoms with Crippen LogP contribution in [0.3, 0.4) is 0 Å². The van der Waals surface area contributed by atoms with Crippen LogP contribution >= 0.6 is 15.9 Å². The number of aromatic nitrogens is 1. The number of rotatable bonds is 2. The van der Waals surface area contributed by atoms with Gasteiger partial charge in [0.15, 0.2) is 0 Å². The molecule has 1 fully saturated rings. The third kappa shape index (κ3) is 1.71. The van der Waals surface area contributed by atoms with Gasteiger partial charge in [-0.05, 0) is 43.0 Å². The van der Waals surface area contributed by atoms with E-state index in [1.54, 1.807) is 0 Å². The minimum Gasteiger partial charge on any atom is -0.347 e. The predicted octanol–water partition coefficient (Wildman–Crippen LogP) is 4.20. The van der Waals surface area contributed by atoms with E-state index in [-0.39, 0.29) is 0 Å². The van der Waals surface area contributed by atoms with E-state index >= 15 is 0 Å². The summed E-state index contributed by atoms with van der Waals surface area (Å²) < 4.78 is 3.56. The van der Waals surface area contributed by atoms with Gasteiger partial charge in [-0.2, -0.15) is 0 Å². The molecular formula is C13H14BrN. The Kier molecular flexibility index (Phi) is 2.32. The van der Waals surface area contributed by atoms with Gasteiger partial charge >= 0.3 is 0 Å². The lowest BCUT2D eigenvalue weighted by molar-refractivity contribution is 0.280. The lowest BCUT2D eigenvalue weighted by Gasteiger charge is -2.26. The quantitative estimate of drug-likeness (QED) is 0.766. The molecule has 0 radical (unpaired) electrons. The molecular weight excluding hydrogens is 250 g/mol. The molecule has 2 aromatic rings. The summed E-state index contributed by atoms with van der Waals surface area (Å²) in [6.45, 7) is 1.20. The van der Waals surface area contributed by atoms with Gasteiger partial charge in [-0.3, -0.25) is 0 Å². The lowest BCUT2D eigenvalue weighted by Crippen LogP contribution is -2.17. The summed E-state index contributed by atoms with van der Waals surface area (Å²) in [4.78, 5) is 0. The molecule has 0 atom stereocenters. The van der Waals surface area contributed by atoms with Gasteiger partial charge in [0.25, 0.3) is 0 Å². The average molecular weight is 264 g/mol. The van der Waals surface area contributed by atoms with E-state index in [1.165, 1.54) is 36.7 Å². The van der Waals surface area contributed by atoms with E-state index in [0.29, 0.717) is 0 Å². The molecule has 0 spiro atoms. The first-order valence-corrected chi connectivity index (χ1v) is 6.36. The number of halogens is 1. The Bertz CT molecular complexity index is 482. The van der Waals surface area contributed by atoms with Gasteiger partial charge in [0.2, 0.25) is 0 Å². The summed E-state index contributed by atoms with van der Waals surface area (Å²) >= 11 is 3.51. The van der Waals surface area contributed by atoms with E-state index in [4.69, 9.17) is 0 Å². The number of fused-ring (bicyclic) bond motifs is 1. The highest BCUT2D eigenvalue weighted by molar-refractivity contribution is 9.10. The Morgan fingerprint density at radius 3 is 2.87 bits per heavy atom. The molecule has 2 heteroatoms. The molecule has 1 aromatic carbocycles. The Hall–Kier alpha value is -0.760. The first-order valence-electron chi connectivity index (χ1n) is 5.57.